The number of thiazole rings is 1. The molecule has 0 saturated carbocycles. The maximum Gasteiger partial charge on any atom is 0.0898 e. The van der Waals surface area contributed by atoms with Gasteiger partial charge in [0.2, 0.25) is 0 Å². The number of nitrogens with one attached hydrogen (secondary N) is 1. The zero-order valence-electron chi connectivity index (χ0n) is 7.34. The Hall–Kier alpha value is -0.410. The van der Waals surface area contributed by atoms with Gasteiger partial charge in [0.15, 0.2) is 0 Å². The maximum atomic E-state index is 4.49. The van der Waals surface area contributed by atoms with Crippen molar-refractivity contribution in [2.45, 2.75) is 32.2 Å². The van der Waals surface area contributed by atoms with E-state index in [0.717, 1.165) is 6.54 Å². The van der Waals surface area contributed by atoms with Crippen LogP contribution in [0.2, 0.25) is 0 Å². The van der Waals surface area contributed by atoms with Gasteiger partial charge < -0.3 is 5.32 Å². The van der Waals surface area contributed by atoms with Crippen molar-refractivity contribution in [3.05, 3.63) is 16.1 Å². The van der Waals surface area contributed by atoms with Crippen LogP contribution >= 0.6 is 11.3 Å². The van der Waals surface area contributed by atoms with E-state index < -0.39 is 0 Å². The van der Waals surface area contributed by atoms with E-state index in [0.29, 0.717) is 6.04 Å². The van der Waals surface area contributed by atoms with Gasteiger partial charge in [0.25, 0.3) is 0 Å². The largest absolute Gasteiger partial charge is 0.309 e. The summed E-state index contributed by atoms with van der Waals surface area (Å²) in [5.41, 5.74) is 1.25. The quantitative estimate of drug-likeness (QED) is 0.720. The molecule has 2 nitrogen and oxygen atoms in total. The average Bonchev–Trinajstić information content (AvgIpc) is 2.54. The van der Waals surface area contributed by atoms with Gasteiger partial charge >= 0.3 is 0 Å². The monoisotopic (exact) mass is 182 g/mol. The summed E-state index contributed by atoms with van der Waals surface area (Å²) in [6.07, 6.45) is 3.91. The Labute approximate surface area is 77.0 Å². The van der Waals surface area contributed by atoms with Crippen LogP contribution in [0.15, 0.2) is 5.38 Å². The Balaban J connectivity index is 2.08. The van der Waals surface area contributed by atoms with Gasteiger partial charge in [0.05, 0.1) is 16.7 Å². The Bertz CT molecular complexity index is 251. The van der Waals surface area contributed by atoms with E-state index in [-0.39, 0.29) is 0 Å². The third-order valence-electron chi connectivity index (χ3n) is 2.30. The van der Waals surface area contributed by atoms with Crippen molar-refractivity contribution >= 4 is 11.3 Å². The summed E-state index contributed by atoms with van der Waals surface area (Å²) in [4.78, 5) is 4.49. The zero-order valence-corrected chi connectivity index (χ0v) is 8.16. The van der Waals surface area contributed by atoms with Crippen molar-refractivity contribution in [2.75, 3.05) is 6.54 Å². The molecule has 1 aliphatic heterocycles. The first-order valence-corrected chi connectivity index (χ1v) is 5.39. The number of nitrogens with zero attached hydrogens (tertiary/aromatic N) is 1. The van der Waals surface area contributed by atoms with E-state index in [1.165, 1.54) is 30.0 Å². The predicted octanol–water partition coefficient (Wildman–Crippen LogP) is 2.27. The van der Waals surface area contributed by atoms with Crippen LogP contribution in [0.4, 0.5) is 0 Å². The highest BCUT2D eigenvalue weighted by molar-refractivity contribution is 7.09. The molecule has 1 aromatic rings. The second-order valence-electron chi connectivity index (χ2n) is 3.29. The molecule has 2 heterocycles. The second kappa shape index (κ2) is 3.54. The number of aromatic nitrogens is 1. The van der Waals surface area contributed by atoms with Gasteiger partial charge in [-0.05, 0) is 26.3 Å². The molecule has 2 rings (SSSR count). The summed E-state index contributed by atoms with van der Waals surface area (Å²) in [5.74, 6) is 0. The van der Waals surface area contributed by atoms with Crippen molar-refractivity contribution in [1.29, 1.82) is 0 Å². The Kier molecular flexibility index (Phi) is 2.42. The van der Waals surface area contributed by atoms with Gasteiger partial charge in [0.1, 0.15) is 0 Å². The molecule has 1 N–H and O–H groups in total. The molecular weight excluding hydrogens is 168 g/mol. The van der Waals surface area contributed by atoms with Gasteiger partial charge in [-0.25, -0.2) is 4.98 Å². The van der Waals surface area contributed by atoms with Crippen molar-refractivity contribution in [3.63, 3.8) is 0 Å². The number of hydrogen-bond donors (Lipinski definition) is 1. The Morgan fingerprint density at radius 2 is 2.50 bits per heavy atom. The highest BCUT2D eigenvalue weighted by atomic mass is 32.1. The van der Waals surface area contributed by atoms with Crippen LogP contribution in [0, 0.1) is 6.92 Å². The average molecular weight is 182 g/mol. The first-order valence-electron chi connectivity index (χ1n) is 4.51. The third kappa shape index (κ3) is 1.67. The van der Waals surface area contributed by atoms with Gasteiger partial charge in [-0.3, -0.25) is 0 Å². The SMILES string of the molecule is Cc1nc([C@H]2CCCCN2)cs1. The van der Waals surface area contributed by atoms with Crippen molar-refractivity contribution in [3.8, 4) is 0 Å². The first kappa shape index (κ1) is 8.20. The number of piperidine rings is 1. The molecule has 1 saturated heterocycles. The molecule has 0 unspecified atom stereocenters. The maximum absolute atomic E-state index is 4.49. The van der Waals surface area contributed by atoms with Crippen LogP contribution in [0.25, 0.3) is 0 Å². The summed E-state index contributed by atoms with van der Waals surface area (Å²) in [6.45, 7) is 3.22. The molecule has 3 heteroatoms. The minimum absolute atomic E-state index is 0.531. The van der Waals surface area contributed by atoms with Crippen LogP contribution in [0.3, 0.4) is 0 Å². The van der Waals surface area contributed by atoms with Crippen LogP contribution in [-0.4, -0.2) is 11.5 Å². The van der Waals surface area contributed by atoms with Crippen LogP contribution in [-0.2, 0) is 0 Å². The van der Waals surface area contributed by atoms with Crippen LogP contribution in [0.5, 0.6) is 0 Å². The van der Waals surface area contributed by atoms with Crippen molar-refractivity contribution in [2.24, 2.45) is 0 Å². The van der Waals surface area contributed by atoms with Gasteiger partial charge in [-0.2, -0.15) is 0 Å². The lowest BCUT2D eigenvalue weighted by Crippen LogP contribution is -2.26. The van der Waals surface area contributed by atoms with E-state index in [1.807, 2.05) is 0 Å². The molecule has 0 amide bonds. The molecule has 1 fully saturated rings. The molecule has 0 aliphatic carbocycles. The Morgan fingerprint density at radius 1 is 1.58 bits per heavy atom. The third-order valence-corrected chi connectivity index (χ3v) is 3.10. The zero-order chi connectivity index (χ0) is 8.39. The minimum atomic E-state index is 0.531. The highest BCUT2D eigenvalue weighted by Gasteiger charge is 2.16. The molecule has 0 radical (unpaired) electrons. The highest BCUT2D eigenvalue weighted by Crippen LogP contribution is 2.23. The Morgan fingerprint density at radius 3 is 3.08 bits per heavy atom. The molecular formula is C9H14N2S. The van der Waals surface area contributed by atoms with Gasteiger partial charge in [-0.15, -0.1) is 11.3 Å². The molecule has 0 aromatic carbocycles. The van der Waals surface area contributed by atoms with E-state index in [9.17, 15) is 0 Å². The lowest BCUT2D eigenvalue weighted by Gasteiger charge is -2.21. The van der Waals surface area contributed by atoms with Gasteiger partial charge in [0, 0.05) is 5.38 Å². The number of hydrogen-bond acceptors (Lipinski definition) is 3. The fraction of sp³-hybridized carbons (Fsp3) is 0.667. The summed E-state index contributed by atoms with van der Waals surface area (Å²) in [6, 6.07) is 0.531. The summed E-state index contributed by atoms with van der Waals surface area (Å²) in [5, 5.41) is 6.85. The molecule has 66 valence electrons. The predicted molar refractivity (Wildman–Crippen MR) is 51.4 cm³/mol. The molecule has 0 bridgehead atoms. The molecule has 1 aromatic heterocycles. The normalized spacial score (nSPS) is 24.2. The van der Waals surface area contributed by atoms with E-state index in [2.05, 4.69) is 22.6 Å². The minimum Gasteiger partial charge on any atom is -0.309 e. The van der Waals surface area contributed by atoms with Crippen LogP contribution in [0.1, 0.15) is 36.0 Å². The smallest absolute Gasteiger partial charge is 0.0898 e. The van der Waals surface area contributed by atoms with E-state index in [1.54, 1.807) is 11.3 Å². The molecule has 1 atom stereocenters. The fourth-order valence-corrected chi connectivity index (χ4v) is 2.31. The summed E-state index contributed by atoms with van der Waals surface area (Å²) >= 11 is 1.75. The lowest BCUT2D eigenvalue weighted by molar-refractivity contribution is 0.406. The van der Waals surface area contributed by atoms with Gasteiger partial charge in [-0.1, -0.05) is 6.42 Å². The molecule has 12 heavy (non-hydrogen) atoms. The van der Waals surface area contributed by atoms with E-state index in [4.69, 9.17) is 0 Å². The lowest BCUT2D eigenvalue weighted by atomic mass is 10.0. The molecule has 0 spiro atoms. The molecule has 1 aliphatic rings. The first-order chi connectivity index (χ1) is 5.86. The van der Waals surface area contributed by atoms with E-state index >= 15 is 0 Å². The van der Waals surface area contributed by atoms with Crippen molar-refractivity contribution < 1.29 is 0 Å². The number of rotatable bonds is 1. The summed E-state index contributed by atoms with van der Waals surface area (Å²) in [7, 11) is 0. The van der Waals surface area contributed by atoms with Crippen molar-refractivity contribution in [1.82, 2.24) is 10.3 Å². The summed E-state index contributed by atoms with van der Waals surface area (Å²) < 4.78 is 0. The second-order valence-corrected chi connectivity index (χ2v) is 4.36. The fourth-order valence-electron chi connectivity index (χ4n) is 1.64. The van der Waals surface area contributed by atoms with Crippen LogP contribution < -0.4 is 5.32 Å². The number of aryl methyl sites for hydroxylation is 1. The topological polar surface area (TPSA) is 24.9 Å². The standard InChI is InChI=1S/C9H14N2S/c1-7-11-9(6-12-7)8-4-2-3-5-10-8/h6,8,10H,2-5H2,1H3/t8-/m1/s1.